The van der Waals surface area contributed by atoms with E-state index in [2.05, 4.69) is 19.1 Å². The second-order valence-corrected chi connectivity index (χ2v) is 5.76. The van der Waals surface area contributed by atoms with Gasteiger partial charge in [0.1, 0.15) is 17.2 Å². The third-order valence-electron chi connectivity index (χ3n) is 2.84. The summed E-state index contributed by atoms with van der Waals surface area (Å²) in [5.41, 5.74) is 3.42. The first kappa shape index (κ1) is 13.6. The average Bonchev–Trinajstić information content (AvgIpc) is 2.76. The lowest BCUT2D eigenvalue weighted by molar-refractivity contribution is 0.0702. The van der Waals surface area contributed by atoms with Crippen LogP contribution in [-0.2, 0) is 6.61 Å². The number of thiophene rings is 1. The largest absolute Gasteiger partial charge is 0.488 e. The molecular formula is C15H16O3S. The van der Waals surface area contributed by atoms with E-state index in [0.717, 1.165) is 21.8 Å². The van der Waals surface area contributed by atoms with Crippen molar-refractivity contribution in [1.29, 1.82) is 0 Å². The minimum Gasteiger partial charge on any atom is -0.488 e. The summed E-state index contributed by atoms with van der Waals surface area (Å²) in [6.07, 6.45) is 0. The number of hydrogen-bond donors (Lipinski definition) is 1. The molecule has 2 rings (SSSR count). The van der Waals surface area contributed by atoms with Crippen molar-refractivity contribution in [1.82, 2.24) is 0 Å². The van der Waals surface area contributed by atoms with Gasteiger partial charge in [0, 0.05) is 4.88 Å². The maximum absolute atomic E-state index is 10.8. The lowest BCUT2D eigenvalue weighted by Crippen LogP contribution is -1.98. The van der Waals surface area contributed by atoms with Gasteiger partial charge in [-0.05, 0) is 44.0 Å². The minimum atomic E-state index is -0.890. The third-order valence-corrected chi connectivity index (χ3v) is 3.88. The maximum Gasteiger partial charge on any atom is 0.345 e. The van der Waals surface area contributed by atoms with E-state index in [4.69, 9.17) is 9.84 Å². The fraction of sp³-hybridized carbons (Fsp3) is 0.267. The molecule has 0 radical (unpaired) electrons. The zero-order chi connectivity index (χ0) is 14.0. The van der Waals surface area contributed by atoms with Crippen LogP contribution in [0, 0.1) is 20.8 Å². The summed E-state index contributed by atoms with van der Waals surface area (Å²) in [6, 6.07) is 7.58. The first-order chi connectivity index (χ1) is 8.97. The van der Waals surface area contributed by atoms with E-state index in [1.54, 1.807) is 12.1 Å². The molecule has 0 fully saturated rings. The predicted octanol–water partition coefficient (Wildman–Crippen LogP) is 3.95. The Bertz CT molecular complexity index is 591. The standard InChI is InChI=1S/C15H16O3S/c1-9-6-10(2)14(11(3)7-9)18-8-12-4-5-13(19-12)15(16)17/h4-7H,8H2,1-3H3,(H,16,17). The van der Waals surface area contributed by atoms with Crippen molar-refractivity contribution in [3.63, 3.8) is 0 Å². The second kappa shape index (κ2) is 5.45. The molecular weight excluding hydrogens is 260 g/mol. The molecule has 100 valence electrons. The number of aromatic carboxylic acids is 1. The Kier molecular flexibility index (Phi) is 3.90. The lowest BCUT2D eigenvalue weighted by atomic mass is 10.1. The van der Waals surface area contributed by atoms with Gasteiger partial charge in [0.2, 0.25) is 0 Å². The Morgan fingerprint density at radius 3 is 2.37 bits per heavy atom. The smallest absolute Gasteiger partial charge is 0.345 e. The lowest BCUT2D eigenvalue weighted by Gasteiger charge is -2.12. The molecule has 0 aliphatic carbocycles. The molecule has 0 amide bonds. The number of benzene rings is 1. The van der Waals surface area contributed by atoms with Gasteiger partial charge in [-0.15, -0.1) is 11.3 Å². The number of ether oxygens (including phenoxy) is 1. The van der Waals surface area contributed by atoms with Gasteiger partial charge in [0.05, 0.1) is 0 Å². The quantitative estimate of drug-likeness (QED) is 0.919. The van der Waals surface area contributed by atoms with Crippen LogP contribution in [0.4, 0.5) is 0 Å². The number of aryl methyl sites for hydroxylation is 3. The van der Waals surface area contributed by atoms with Gasteiger partial charge in [-0.25, -0.2) is 4.79 Å². The Morgan fingerprint density at radius 1 is 1.21 bits per heavy atom. The summed E-state index contributed by atoms with van der Waals surface area (Å²) in [5, 5.41) is 8.87. The summed E-state index contributed by atoms with van der Waals surface area (Å²) >= 11 is 1.25. The van der Waals surface area contributed by atoms with E-state index in [1.807, 2.05) is 13.8 Å². The summed E-state index contributed by atoms with van der Waals surface area (Å²) in [5.74, 6) is -0.00479. The van der Waals surface area contributed by atoms with Gasteiger partial charge < -0.3 is 9.84 Å². The van der Waals surface area contributed by atoms with Crippen molar-refractivity contribution >= 4 is 17.3 Å². The summed E-state index contributed by atoms with van der Waals surface area (Å²) in [7, 11) is 0. The predicted molar refractivity (Wildman–Crippen MR) is 76.3 cm³/mol. The van der Waals surface area contributed by atoms with Gasteiger partial charge in [-0.1, -0.05) is 17.7 Å². The molecule has 0 saturated carbocycles. The molecule has 1 heterocycles. The highest BCUT2D eigenvalue weighted by molar-refractivity contribution is 7.13. The molecule has 1 aromatic heterocycles. The maximum atomic E-state index is 10.8. The monoisotopic (exact) mass is 276 g/mol. The van der Waals surface area contributed by atoms with E-state index < -0.39 is 5.97 Å². The molecule has 0 atom stereocenters. The highest BCUT2D eigenvalue weighted by atomic mass is 32.1. The molecule has 0 spiro atoms. The highest BCUT2D eigenvalue weighted by Gasteiger charge is 2.09. The van der Waals surface area contributed by atoms with Crippen molar-refractivity contribution in [2.45, 2.75) is 27.4 Å². The summed E-state index contributed by atoms with van der Waals surface area (Å²) in [6.45, 7) is 6.50. The van der Waals surface area contributed by atoms with E-state index >= 15 is 0 Å². The fourth-order valence-corrected chi connectivity index (χ4v) is 2.87. The van der Waals surface area contributed by atoms with Crippen molar-refractivity contribution in [3.05, 3.63) is 50.7 Å². The molecule has 2 aromatic rings. The van der Waals surface area contributed by atoms with Gasteiger partial charge in [-0.3, -0.25) is 0 Å². The molecule has 0 aliphatic rings. The Labute approximate surface area is 116 Å². The molecule has 1 aromatic carbocycles. The number of rotatable bonds is 4. The average molecular weight is 276 g/mol. The Hall–Kier alpha value is -1.81. The second-order valence-electron chi connectivity index (χ2n) is 4.59. The van der Waals surface area contributed by atoms with Crippen LogP contribution in [0.2, 0.25) is 0 Å². The van der Waals surface area contributed by atoms with Crippen LogP contribution >= 0.6 is 11.3 Å². The van der Waals surface area contributed by atoms with Crippen molar-refractivity contribution in [2.24, 2.45) is 0 Å². The van der Waals surface area contributed by atoms with E-state index in [9.17, 15) is 4.79 Å². The zero-order valence-electron chi connectivity index (χ0n) is 11.2. The van der Waals surface area contributed by atoms with Gasteiger partial charge in [0.25, 0.3) is 0 Å². The van der Waals surface area contributed by atoms with E-state index in [0.29, 0.717) is 11.5 Å². The first-order valence-corrected chi connectivity index (χ1v) is 6.81. The van der Waals surface area contributed by atoms with E-state index in [-0.39, 0.29) is 0 Å². The topological polar surface area (TPSA) is 46.5 Å². The van der Waals surface area contributed by atoms with Gasteiger partial charge in [0.15, 0.2) is 0 Å². The molecule has 0 saturated heterocycles. The molecule has 3 nitrogen and oxygen atoms in total. The summed E-state index contributed by atoms with van der Waals surface area (Å²) in [4.78, 5) is 12.1. The van der Waals surface area contributed by atoms with Gasteiger partial charge >= 0.3 is 5.97 Å². The van der Waals surface area contributed by atoms with Crippen LogP contribution in [0.25, 0.3) is 0 Å². The molecule has 0 aliphatic heterocycles. The summed E-state index contributed by atoms with van der Waals surface area (Å²) < 4.78 is 5.82. The van der Waals surface area contributed by atoms with Crippen LogP contribution in [0.1, 0.15) is 31.2 Å². The van der Waals surface area contributed by atoms with Crippen molar-refractivity contribution in [2.75, 3.05) is 0 Å². The SMILES string of the molecule is Cc1cc(C)c(OCc2ccc(C(=O)O)s2)c(C)c1. The Morgan fingerprint density at radius 2 is 1.84 bits per heavy atom. The first-order valence-electron chi connectivity index (χ1n) is 6.00. The molecule has 0 unspecified atom stereocenters. The van der Waals surface area contributed by atoms with Crippen LogP contribution in [0.5, 0.6) is 5.75 Å². The fourth-order valence-electron chi connectivity index (χ4n) is 2.11. The van der Waals surface area contributed by atoms with Crippen molar-refractivity contribution < 1.29 is 14.6 Å². The molecule has 1 N–H and O–H groups in total. The zero-order valence-corrected chi connectivity index (χ0v) is 12.0. The number of carbonyl (C=O) groups is 1. The highest BCUT2D eigenvalue weighted by Crippen LogP contribution is 2.26. The number of carboxylic acids is 1. The Balaban J connectivity index is 2.12. The normalized spacial score (nSPS) is 10.5. The van der Waals surface area contributed by atoms with Crippen LogP contribution in [0.15, 0.2) is 24.3 Å². The van der Waals surface area contributed by atoms with Gasteiger partial charge in [-0.2, -0.15) is 0 Å². The van der Waals surface area contributed by atoms with Crippen LogP contribution < -0.4 is 4.74 Å². The number of hydrogen-bond acceptors (Lipinski definition) is 3. The van der Waals surface area contributed by atoms with Crippen LogP contribution in [-0.4, -0.2) is 11.1 Å². The molecule has 4 heteroatoms. The molecule has 0 bridgehead atoms. The molecule has 19 heavy (non-hydrogen) atoms. The third kappa shape index (κ3) is 3.15. The minimum absolute atomic E-state index is 0.343. The van der Waals surface area contributed by atoms with Crippen LogP contribution in [0.3, 0.4) is 0 Å². The van der Waals surface area contributed by atoms with Crippen molar-refractivity contribution in [3.8, 4) is 5.75 Å². The number of carboxylic acid groups (broad SMARTS) is 1. The van der Waals surface area contributed by atoms with E-state index in [1.165, 1.54) is 16.9 Å².